The van der Waals surface area contributed by atoms with Crippen molar-refractivity contribution in [3.63, 3.8) is 0 Å². The zero-order chi connectivity index (χ0) is 19.2. The summed E-state index contributed by atoms with van der Waals surface area (Å²) in [4.78, 5) is 13.1. The Hall–Kier alpha value is -1.85. The van der Waals surface area contributed by atoms with Crippen LogP contribution in [0.4, 0.5) is 0 Å². The number of carbonyl (C=O) groups is 1. The highest BCUT2D eigenvalue weighted by molar-refractivity contribution is 5.95. The van der Waals surface area contributed by atoms with Crippen molar-refractivity contribution < 1.29 is 4.79 Å². The van der Waals surface area contributed by atoms with Crippen LogP contribution in [0.3, 0.4) is 0 Å². The topological polar surface area (TPSA) is 59.0 Å². The molecule has 2 aromatic rings. The molecular weight excluding hydrogens is 372 g/mol. The molecule has 1 amide bonds. The van der Waals surface area contributed by atoms with Gasteiger partial charge in [-0.1, -0.05) is 38.5 Å². The molecule has 28 heavy (non-hydrogen) atoms. The highest BCUT2D eigenvalue weighted by Gasteiger charge is 2.35. The van der Waals surface area contributed by atoms with E-state index in [1.807, 2.05) is 23.0 Å². The number of hydrogen-bond donors (Lipinski definition) is 2. The van der Waals surface area contributed by atoms with Gasteiger partial charge in [0.15, 0.2) is 0 Å². The van der Waals surface area contributed by atoms with Gasteiger partial charge in [-0.15, -0.1) is 12.4 Å². The highest BCUT2D eigenvalue weighted by atomic mass is 35.5. The first-order valence-corrected chi connectivity index (χ1v) is 10.0. The first-order valence-electron chi connectivity index (χ1n) is 10.0. The summed E-state index contributed by atoms with van der Waals surface area (Å²) in [5, 5.41) is 11.7. The molecule has 1 aromatic carbocycles. The average molecular weight is 403 g/mol. The molecule has 2 fully saturated rings. The molecule has 2 aliphatic rings. The Morgan fingerprint density at radius 1 is 1.14 bits per heavy atom. The fourth-order valence-corrected chi connectivity index (χ4v) is 4.36. The molecule has 0 spiro atoms. The Morgan fingerprint density at radius 3 is 2.32 bits per heavy atom. The van der Waals surface area contributed by atoms with E-state index in [0.29, 0.717) is 17.6 Å². The van der Waals surface area contributed by atoms with Crippen LogP contribution in [-0.4, -0.2) is 33.8 Å². The second-order valence-electron chi connectivity index (χ2n) is 9.20. The van der Waals surface area contributed by atoms with E-state index in [2.05, 4.69) is 50.5 Å². The van der Waals surface area contributed by atoms with E-state index in [0.717, 1.165) is 24.2 Å². The van der Waals surface area contributed by atoms with Crippen molar-refractivity contribution in [2.24, 2.45) is 0 Å². The van der Waals surface area contributed by atoms with Gasteiger partial charge in [0.25, 0.3) is 5.91 Å². The molecule has 0 radical (unpaired) electrons. The maximum Gasteiger partial charge on any atom is 0.255 e. The number of nitrogens with one attached hydrogen (secondary N) is 2. The highest BCUT2D eigenvalue weighted by Crippen LogP contribution is 2.29. The number of aryl methyl sites for hydroxylation is 1. The third kappa shape index (κ3) is 4.26. The van der Waals surface area contributed by atoms with Crippen molar-refractivity contribution in [1.82, 2.24) is 20.4 Å². The van der Waals surface area contributed by atoms with Gasteiger partial charge in [-0.3, -0.25) is 4.79 Å². The lowest BCUT2D eigenvalue weighted by Gasteiger charge is -2.29. The molecule has 2 atom stereocenters. The minimum atomic E-state index is -0.199. The summed E-state index contributed by atoms with van der Waals surface area (Å²) in [5.74, 6) is 0.00425. The predicted molar refractivity (Wildman–Crippen MR) is 115 cm³/mol. The molecule has 2 N–H and O–H groups in total. The lowest BCUT2D eigenvalue weighted by Crippen LogP contribution is -2.48. The monoisotopic (exact) mass is 402 g/mol. The Morgan fingerprint density at radius 2 is 1.75 bits per heavy atom. The molecule has 152 valence electrons. The standard InChI is InChI=1S/C22H30N4O.ClH/c1-14-5-9-18(10-6-14)26-13-19(20(25-26)22(2,3)4)21(27)24-17-11-15-7-8-16(12-17)23-15;/h5-6,9-10,13,15-17,23H,7-8,11-12H2,1-4H3,(H,24,27);1H. The van der Waals surface area contributed by atoms with Gasteiger partial charge in [-0.2, -0.15) is 5.10 Å². The van der Waals surface area contributed by atoms with E-state index in [9.17, 15) is 4.79 Å². The van der Waals surface area contributed by atoms with Crippen LogP contribution >= 0.6 is 12.4 Å². The van der Waals surface area contributed by atoms with Crippen molar-refractivity contribution in [3.8, 4) is 5.69 Å². The summed E-state index contributed by atoms with van der Waals surface area (Å²) in [5.41, 5.74) is 3.52. The van der Waals surface area contributed by atoms with Gasteiger partial charge in [0.1, 0.15) is 0 Å². The Labute approximate surface area is 173 Å². The molecule has 4 rings (SSSR count). The van der Waals surface area contributed by atoms with Crippen molar-refractivity contribution in [3.05, 3.63) is 47.3 Å². The fraction of sp³-hybridized carbons (Fsp3) is 0.545. The summed E-state index contributed by atoms with van der Waals surface area (Å²) in [6.07, 6.45) is 6.40. The molecule has 6 heteroatoms. The summed E-state index contributed by atoms with van der Waals surface area (Å²) < 4.78 is 1.83. The second-order valence-corrected chi connectivity index (χ2v) is 9.20. The van der Waals surface area contributed by atoms with Gasteiger partial charge in [-0.25, -0.2) is 4.68 Å². The van der Waals surface area contributed by atoms with Crippen LogP contribution in [0, 0.1) is 6.92 Å². The molecule has 5 nitrogen and oxygen atoms in total. The number of rotatable bonds is 3. The molecule has 3 heterocycles. The molecule has 0 saturated carbocycles. The first-order chi connectivity index (χ1) is 12.8. The first kappa shape index (κ1) is 20.9. The average Bonchev–Trinajstić information content (AvgIpc) is 3.19. The minimum Gasteiger partial charge on any atom is -0.349 e. The van der Waals surface area contributed by atoms with E-state index < -0.39 is 0 Å². The Kier molecular flexibility index (Phi) is 5.87. The number of halogens is 1. The molecule has 2 saturated heterocycles. The molecular formula is C22H31ClN4O. The summed E-state index contributed by atoms with van der Waals surface area (Å²) in [6.45, 7) is 8.39. The van der Waals surface area contributed by atoms with E-state index in [4.69, 9.17) is 5.10 Å². The van der Waals surface area contributed by atoms with Gasteiger partial charge in [0.05, 0.1) is 16.9 Å². The molecule has 2 bridgehead atoms. The number of nitrogens with zero attached hydrogens (tertiary/aromatic N) is 2. The normalized spacial score (nSPS) is 23.9. The van der Waals surface area contributed by atoms with Crippen LogP contribution in [0.1, 0.15) is 68.1 Å². The van der Waals surface area contributed by atoms with E-state index in [-0.39, 0.29) is 29.8 Å². The third-order valence-electron chi connectivity index (χ3n) is 5.78. The van der Waals surface area contributed by atoms with Gasteiger partial charge in [0.2, 0.25) is 0 Å². The van der Waals surface area contributed by atoms with Gasteiger partial charge in [0, 0.05) is 29.7 Å². The summed E-state index contributed by atoms with van der Waals surface area (Å²) in [7, 11) is 0. The van der Waals surface area contributed by atoms with E-state index in [1.165, 1.54) is 18.4 Å². The smallest absolute Gasteiger partial charge is 0.255 e. The van der Waals surface area contributed by atoms with Crippen LogP contribution < -0.4 is 10.6 Å². The predicted octanol–water partition coefficient (Wildman–Crippen LogP) is 3.91. The van der Waals surface area contributed by atoms with Crippen LogP contribution in [0.5, 0.6) is 0 Å². The van der Waals surface area contributed by atoms with E-state index in [1.54, 1.807) is 0 Å². The van der Waals surface area contributed by atoms with Crippen molar-refractivity contribution >= 4 is 18.3 Å². The van der Waals surface area contributed by atoms with Crippen molar-refractivity contribution in [1.29, 1.82) is 0 Å². The van der Waals surface area contributed by atoms with E-state index >= 15 is 0 Å². The number of fused-ring (bicyclic) bond motifs is 2. The van der Waals surface area contributed by atoms with Crippen LogP contribution in [0.15, 0.2) is 30.5 Å². The van der Waals surface area contributed by atoms with Gasteiger partial charge >= 0.3 is 0 Å². The van der Waals surface area contributed by atoms with Crippen LogP contribution in [-0.2, 0) is 5.41 Å². The lowest BCUT2D eigenvalue weighted by molar-refractivity contribution is 0.0921. The molecule has 2 aliphatic heterocycles. The number of piperidine rings is 1. The fourth-order valence-electron chi connectivity index (χ4n) is 4.36. The van der Waals surface area contributed by atoms with Crippen molar-refractivity contribution in [2.45, 2.75) is 76.9 Å². The molecule has 2 unspecified atom stereocenters. The van der Waals surface area contributed by atoms with Crippen LogP contribution in [0.25, 0.3) is 5.69 Å². The largest absolute Gasteiger partial charge is 0.349 e. The van der Waals surface area contributed by atoms with Gasteiger partial charge < -0.3 is 10.6 Å². The van der Waals surface area contributed by atoms with Crippen LogP contribution in [0.2, 0.25) is 0 Å². The number of hydrogen-bond acceptors (Lipinski definition) is 3. The zero-order valence-corrected chi connectivity index (χ0v) is 18.0. The lowest BCUT2D eigenvalue weighted by atomic mass is 9.89. The quantitative estimate of drug-likeness (QED) is 0.818. The maximum atomic E-state index is 13.1. The number of carbonyl (C=O) groups excluding carboxylic acids is 1. The second kappa shape index (κ2) is 7.88. The number of amides is 1. The number of benzene rings is 1. The minimum absolute atomic E-state index is 0. The Bertz CT molecular complexity index is 825. The van der Waals surface area contributed by atoms with Gasteiger partial charge in [-0.05, 0) is 44.7 Å². The molecule has 0 aliphatic carbocycles. The van der Waals surface area contributed by atoms with Crippen molar-refractivity contribution in [2.75, 3.05) is 0 Å². The Balaban J connectivity index is 0.00000225. The maximum absolute atomic E-state index is 13.1. The molecule has 1 aromatic heterocycles. The zero-order valence-electron chi connectivity index (χ0n) is 17.2. The SMILES string of the molecule is Cc1ccc(-n2cc(C(=O)NC3CC4CCC(C3)N4)c(C(C)(C)C)n2)cc1.Cl. The summed E-state index contributed by atoms with van der Waals surface area (Å²) in [6, 6.07) is 9.60. The summed E-state index contributed by atoms with van der Waals surface area (Å²) >= 11 is 0. The third-order valence-corrected chi connectivity index (χ3v) is 5.78. The number of aromatic nitrogens is 2.